The summed E-state index contributed by atoms with van der Waals surface area (Å²) >= 11 is 9.55. The van der Waals surface area contributed by atoms with Crippen LogP contribution in [0.15, 0.2) is 16.7 Å². The fourth-order valence-corrected chi connectivity index (χ4v) is 2.92. The van der Waals surface area contributed by atoms with Gasteiger partial charge in [0.05, 0.1) is 13.1 Å². The van der Waals surface area contributed by atoms with E-state index in [0.717, 1.165) is 4.47 Å². The first-order valence-corrected chi connectivity index (χ1v) is 7.72. The Morgan fingerprint density at radius 2 is 2.23 bits per heavy atom. The van der Waals surface area contributed by atoms with Crippen LogP contribution in [0.4, 0.5) is 10.6 Å². The number of nitrogens with zero attached hydrogens (tertiary/aromatic N) is 4. The van der Waals surface area contributed by atoms with Gasteiger partial charge in [0.2, 0.25) is 0 Å². The summed E-state index contributed by atoms with van der Waals surface area (Å²) in [6, 6.07) is 1.81. The summed E-state index contributed by atoms with van der Waals surface area (Å²) in [6.45, 7) is 2.85. The molecule has 0 saturated carbocycles. The van der Waals surface area contributed by atoms with Crippen LogP contribution >= 0.6 is 27.5 Å². The number of carbonyl (C=O) groups is 1. The van der Waals surface area contributed by atoms with E-state index in [4.69, 9.17) is 16.3 Å². The molecule has 1 amide bonds. The first kappa shape index (κ1) is 15.2. The Labute approximate surface area is 140 Å². The minimum atomic E-state index is -0.562. The van der Waals surface area contributed by atoms with Crippen LogP contribution in [0.5, 0.6) is 0 Å². The molecule has 1 N–H and O–H groups in total. The summed E-state index contributed by atoms with van der Waals surface area (Å²) in [6.07, 6.45) is 1.20. The Balaban J connectivity index is 1.82. The van der Waals surface area contributed by atoms with Crippen molar-refractivity contribution in [1.82, 2.24) is 20.3 Å². The molecule has 0 aliphatic carbocycles. The molecule has 2 aromatic heterocycles. The SMILES string of the molecule is CNC(=O)OC1(C)CN(c2nc3ncc(Br)cc3nc2Cl)C1. The lowest BCUT2D eigenvalue weighted by Crippen LogP contribution is -2.63. The van der Waals surface area contributed by atoms with Gasteiger partial charge in [0.25, 0.3) is 0 Å². The number of pyridine rings is 1. The third kappa shape index (κ3) is 2.80. The molecule has 7 nitrogen and oxygen atoms in total. The molecule has 1 fully saturated rings. The number of halogens is 2. The predicted molar refractivity (Wildman–Crippen MR) is 86.2 cm³/mol. The van der Waals surface area contributed by atoms with Crippen LogP contribution in [-0.2, 0) is 4.74 Å². The fraction of sp³-hybridized carbons (Fsp3) is 0.385. The third-order valence-corrected chi connectivity index (χ3v) is 4.01. The maximum absolute atomic E-state index is 11.3. The van der Waals surface area contributed by atoms with Crippen molar-refractivity contribution in [3.05, 3.63) is 21.9 Å². The lowest BCUT2D eigenvalue weighted by atomic mass is 9.96. The summed E-state index contributed by atoms with van der Waals surface area (Å²) < 4.78 is 6.13. The topological polar surface area (TPSA) is 80.2 Å². The Morgan fingerprint density at radius 1 is 1.50 bits per heavy atom. The fourth-order valence-electron chi connectivity index (χ4n) is 2.34. The average Bonchev–Trinajstić information content (AvgIpc) is 2.43. The number of hydrogen-bond donors (Lipinski definition) is 1. The van der Waals surface area contributed by atoms with Crippen molar-refractivity contribution >= 4 is 50.6 Å². The van der Waals surface area contributed by atoms with Gasteiger partial charge in [0.15, 0.2) is 16.6 Å². The maximum Gasteiger partial charge on any atom is 0.407 e. The summed E-state index contributed by atoms with van der Waals surface area (Å²) in [4.78, 5) is 26.2. The lowest BCUT2D eigenvalue weighted by Gasteiger charge is -2.47. The second-order valence-electron chi connectivity index (χ2n) is 5.28. The Hall–Kier alpha value is -1.67. The zero-order valence-electron chi connectivity index (χ0n) is 11.9. The van der Waals surface area contributed by atoms with Gasteiger partial charge in [-0.15, -0.1) is 0 Å². The molecule has 0 aromatic carbocycles. The van der Waals surface area contributed by atoms with E-state index in [-0.39, 0.29) is 0 Å². The molecule has 2 aromatic rings. The van der Waals surface area contributed by atoms with Gasteiger partial charge in [0.1, 0.15) is 11.1 Å². The zero-order chi connectivity index (χ0) is 15.9. The number of ether oxygens (including phenoxy) is 1. The van der Waals surface area contributed by atoms with E-state index in [1.165, 1.54) is 7.05 Å². The molecule has 3 heterocycles. The molecule has 0 bridgehead atoms. The molecule has 0 unspecified atom stereocenters. The van der Waals surface area contributed by atoms with E-state index in [1.807, 2.05) is 11.8 Å². The number of amides is 1. The first-order chi connectivity index (χ1) is 10.4. The summed E-state index contributed by atoms with van der Waals surface area (Å²) in [5.74, 6) is 0.543. The summed E-state index contributed by atoms with van der Waals surface area (Å²) in [5, 5.41) is 2.74. The van der Waals surface area contributed by atoms with Crippen LogP contribution in [0.25, 0.3) is 11.2 Å². The van der Waals surface area contributed by atoms with Crippen LogP contribution in [0.3, 0.4) is 0 Å². The molecule has 22 heavy (non-hydrogen) atoms. The minimum absolute atomic E-state index is 0.300. The Morgan fingerprint density at radius 3 is 2.91 bits per heavy atom. The summed E-state index contributed by atoms with van der Waals surface area (Å²) in [7, 11) is 1.53. The van der Waals surface area contributed by atoms with E-state index in [2.05, 4.69) is 36.2 Å². The third-order valence-electron chi connectivity index (χ3n) is 3.32. The molecular weight excluding hydrogens is 374 g/mol. The zero-order valence-corrected chi connectivity index (χ0v) is 14.3. The van der Waals surface area contributed by atoms with Gasteiger partial charge < -0.3 is 15.0 Å². The second kappa shape index (κ2) is 5.51. The van der Waals surface area contributed by atoms with Gasteiger partial charge in [-0.2, -0.15) is 0 Å². The molecule has 0 atom stereocenters. The van der Waals surface area contributed by atoms with Crippen LogP contribution in [0.1, 0.15) is 6.92 Å². The van der Waals surface area contributed by atoms with Crippen molar-refractivity contribution < 1.29 is 9.53 Å². The van der Waals surface area contributed by atoms with Crippen LogP contribution in [-0.4, -0.2) is 46.8 Å². The van der Waals surface area contributed by atoms with E-state index < -0.39 is 11.7 Å². The first-order valence-electron chi connectivity index (χ1n) is 6.55. The number of carbonyl (C=O) groups excluding carboxylic acids is 1. The standard InChI is InChI=1S/C13H13BrClN5O2/c1-13(22-12(21)16-2)5-20(6-13)11-9(15)18-8-3-7(14)4-17-10(8)19-11/h3-4H,5-6H2,1-2H3,(H,16,21). The van der Waals surface area contributed by atoms with Crippen molar-refractivity contribution in [2.75, 3.05) is 25.0 Å². The van der Waals surface area contributed by atoms with Crippen molar-refractivity contribution in [1.29, 1.82) is 0 Å². The van der Waals surface area contributed by atoms with Gasteiger partial charge in [0, 0.05) is 17.7 Å². The number of anilines is 1. The molecule has 0 radical (unpaired) electrons. The van der Waals surface area contributed by atoms with E-state index >= 15 is 0 Å². The highest BCUT2D eigenvalue weighted by atomic mass is 79.9. The van der Waals surface area contributed by atoms with Crippen molar-refractivity contribution in [2.45, 2.75) is 12.5 Å². The monoisotopic (exact) mass is 385 g/mol. The number of alkyl carbamates (subject to hydrolysis) is 1. The van der Waals surface area contributed by atoms with Gasteiger partial charge >= 0.3 is 6.09 Å². The Kier molecular flexibility index (Phi) is 3.82. The number of nitrogens with one attached hydrogen (secondary N) is 1. The van der Waals surface area contributed by atoms with Gasteiger partial charge in [-0.1, -0.05) is 11.6 Å². The van der Waals surface area contributed by atoms with Crippen molar-refractivity contribution in [2.24, 2.45) is 0 Å². The average molecular weight is 387 g/mol. The second-order valence-corrected chi connectivity index (χ2v) is 6.55. The molecule has 1 saturated heterocycles. The van der Waals surface area contributed by atoms with Crippen LogP contribution in [0.2, 0.25) is 5.15 Å². The minimum Gasteiger partial charge on any atom is -0.439 e. The van der Waals surface area contributed by atoms with E-state index in [0.29, 0.717) is 35.2 Å². The van der Waals surface area contributed by atoms with E-state index in [9.17, 15) is 4.79 Å². The number of aromatic nitrogens is 3. The van der Waals surface area contributed by atoms with Gasteiger partial charge in [-0.25, -0.2) is 19.7 Å². The lowest BCUT2D eigenvalue weighted by molar-refractivity contribution is 0.00481. The van der Waals surface area contributed by atoms with Crippen LogP contribution in [0, 0.1) is 0 Å². The normalized spacial score (nSPS) is 16.3. The summed E-state index contributed by atoms with van der Waals surface area (Å²) in [5.41, 5.74) is 0.573. The number of hydrogen-bond acceptors (Lipinski definition) is 6. The molecule has 3 rings (SSSR count). The highest BCUT2D eigenvalue weighted by Gasteiger charge is 2.44. The van der Waals surface area contributed by atoms with Crippen LogP contribution < -0.4 is 10.2 Å². The predicted octanol–water partition coefficient (Wildman–Crippen LogP) is 2.38. The molecule has 0 spiro atoms. The van der Waals surface area contributed by atoms with E-state index in [1.54, 1.807) is 12.3 Å². The maximum atomic E-state index is 11.3. The Bertz CT molecular complexity index is 751. The molecule has 9 heteroatoms. The smallest absolute Gasteiger partial charge is 0.407 e. The molecule has 116 valence electrons. The number of fused-ring (bicyclic) bond motifs is 1. The molecule has 1 aliphatic heterocycles. The van der Waals surface area contributed by atoms with Crippen molar-refractivity contribution in [3.63, 3.8) is 0 Å². The quantitative estimate of drug-likeness (QED) is 0.853. The molecule has 1 aliphatic rings. The highest BCUT2D eigenvalue weighted by Crippen LogP contribution is 2.33. The molecular formula is C13H13BrClN5O2. The van der Waals surface area contributed by atoms with Gasteiger partial charge in [-0.05, 0) is 28.9 Å². The van der Waals surface area contributed by atoms with Gasteiger partial charge in [-0.3, -0.25) is 0 Å². The largest absolute Gasteiger partial charge is 0.439 e. The highest BCUT2D eigenvalue weighted by molar-refractivity contribution is 9.10. The number of rotatable bonds is 2. The van der Waals surface area contributed by atoms with Crippen molar-refractivity contribution in [3.8, 4) is 0 Å².